The lowest BCUT2D eigenvalue weighted by Crippen LogP contribution is -2.45. The van der Waals surface area contributed by atoms with Gasteiger partial charge in [-0.1, -0.05) is 6.07 Å². The van der Waals surface area contributed by atoms with Gasteiger partial charge in [0.2, 0.25) is 11.9 Å². The van der Waals surface area contributed by atoms with Crippen molar-refractivity contribution < 1.29 is 0 Å². The fourth-order valence-electron chi connectivity index (χ4n) is 4.24. The SMILES string of the molecule is Cc1ccc2[nH]c(CNc3nc(N4CCN(C)CC4)nc4c(C5CC5)cnn34)nc2c1. The molecule has 1 saturated carbocycles. The van der Waals surface area contributed by atoms with Crippen molar-refractivity contribution in [3.8, 4) is 0 Å². The number of likely N-dealkylation sites (N-methyl/N-ethyl adjacent to an activating group) is 1. The van der Waals surface area contributed by atoms with E-state index < -0.39 is 0 Å². The van der Waals surface area contributed by atoms with Gasteiger partial charge in [-0.05, 0) is 50.4 Å². The van der Waals surface area contributed by atoms with Crippen molar-refractivity contribution in [1.82, 2.24) is 34.4 Å². The van der Waals surface area contributed by atoms with Crippen LogP contribution in [-0.2, 0) is 6.54 Å². The van der Waals surface area contributed by atoms with Gasteiger partial charge in [-0.25, -0.2) is 4.98 Å². The molecule has 4 heterocycles. The number of aromatic nitrogens is 6. The first-order valence-corrected chi connectivity index (χ1v) is 11.0. The van der Waals surface area contributed by atoms with Crippen molar-refractivity contribution >= 4 is 28.6 Å². The van der Waals surface area contributed by atoms with Gasteiger partial charge in [-0.15, -0.1) is 0 Å². The van der Waals surface area contributed by atoms with Gasteiger partial charge in [0, 0.05) is 31.7 Å². The normalized spacial score (nSPS) is 17.7. The first-order valence-electron chi connectivity index (χ1n) is 11.0. The maximum absolute atomic E-state index is 4.94. The third-order valence-corrected chi connectivity index (χ3v) is 6.29. The van der Waals surface area contributed by atoms with Crippen LogP contribution in [0.5, 0.6) is 0 Å². The smallest absolute Gasteiger partial charge is 0.230 e. The molecule has 1 aliphatic carbocycles. The van der Waals surface area contributed by atoms with E-state index in [2.05, 4.69) is 57.4 Å². The number of H-pyrrole nitrogens is 1. The molecule has 160 valence electrons. The van der Waals surface area contributed by atoms with Crippen LogP contribution in [0.25, 0.3) is 16.7 Å². The van der Waals surface area contributed by atoms with Gasteiger partial charge in [0.15, 0.2) is 5.65 Å². The Morgan fingerprint density at radius 2 is 1.94 bits per heavy atom. The minimum Gasteiger partial charge on any atom is -0.347 e. The van der Waals surface area contributed by atoms with Gasteiger partial charge in [0.25, 0.3) is 0 Å². The highest BCUT2D eigenvalue weighted by Gasteiger charge is 2.29. The first-order chi connectivity index (χ1) is 15.1. The predicted octanol–water partition coefficient (Wildman–Crippen LogP) is 2.55. The lowest BCUT2D eigenvalue weighted by molar-refractivity contribution is 0.311. The Morgan fingerprint density at radius 3 is 2.74 bits per heavy atom. The quantitative estimate of drug-likeness (QED) is 0.516. The number of rotatable bonds is 5. The van der Waals surface area contributed by atoms with Gasteiger partial charge in [0.05, 0.1) is 23.8 Å². The number of anilines is 2. The Labute approximate surface area is 180 Å². The lowest BCUT2D eigenvalue weighted by Gasteiger charge is -2.32. The number of piperazine rings is 1. The number of nitrogens with one attached hydrogen (secondary N) is 2. The van der Waals surface area contributed by atoms with E-state index in [4.69, 9.17) is 15.0 Å². The van der Waals surface area contributed by atoms with Crippen LogP contribution in [-0.4, -0.2) is 67.7 Å². The van der Waals surface area contributed by atoms with Crippen LogP contribution in [0.15, 0.2) is 24.4 Å². The molecule has 9 nitrogen and oxygen atoms in total. The average Bonchev–Trinajstić information content (AvgIpc) is 3.39. The molecule has 3 aromatic heterocycles. The lowest BCUT2D eigenvalue weighted by atomic mass is 10.2. The summed E-state index contributed by atoms with van der Waals surface area (Å²) in [5, 5.41) is 8.08. The van der Waals surface area contributed by atoms with Crippen molar-refractivity contribution in [1.29, 1.82) is 0 Å². The Balaban J connectivity index is 1.33. The third-order valence-electron chi connectivity index (χ3n) is 6.29. The van der Waals surface area contributed by atoms with Crippen LogP contribution >= 0.6 is 0 Å². The molecule has 2 fully saturated rings. The Morgan fingerprint density at radius 1 is 1.10 bits per heavy atom. The summed E-state index contributed by atoms with van der Waals surface area (Å²) in [6.07, 6.45) is 4.40. The van der Waals surface area contributed by atoms with E-state index in [-0.39, 0.29) is 0 Å². The van der Waals surface area contributed by atoms with Crippen molar-refractivity contribution in [2.45, 2.75) is 32.2 Å². The fourth-order valence-corrected chi connectivity index (χ4v) is 4.24. The molecule has 2 N–H and O–H groups in total. The van der Waals surface area contributed by atoms with Crippen LogP contribution in [0.4, 0.5) is 11.9 Å². The summed E-state index contributed by atoms with van der Waals surface area (Å²) < 4.78 is 1.85. The van der Waals surface area contributed by atoms with Crippen molar-refractivity contribution in [3.63, 3.8) is 0 Å². The van der Waals surface area contributed by atoms with E-state index >= 15 is 0 Å². The summed E-state index contributed by atoms with van der Waals surface area (Å²) in [5.41, 5.74) is 5.40. The molecule has 31 heavy (non-hydrogen) atoms. The zero-order valence-corrected chi connectivity index (χ0v) is 18.0. The number of benzene rings is 1. The molecule has 4 aromatic rings. The zero-order chi connectivity index (χ0) is 20.9. The molecular weight excluding hydrogens is 390 g/mol. The van der Waals surface area contributed by atoms with Crippen molar-refractivity contribution in [2.24, 2.45) is 0 Å². The summed E-state index contributed by atoms with van der Waals surface area (Å²) in [5.74, 6) is 2.95. The second kappa shape index (κ2) is 7.19. The molecule has 9 heteroatoms. The van der Waals surface area contributed by atoms with Gasteiger partial charge >= 0.3 is 0 Å². The highest BCUT2D eigenvalue weighted by atomic mass is 15.4. The second-order valence-corrected chi connectivity index (χ2v) is 8.80. The largest absolute Gasteiger partial charge is 0.347 e. The monoisotopic (exact) mass is 417 g/mol. The number of aryl methyl sites for hydroxylation is 1. The summed E-state index contributed by atoms with van der Waals surface area (Å²) in [4.78, 5) is 22.5. The first kappa shape index (κ1) is 18.6. The van der Waals surface area contributed by atoms with Gasteiger partial charge < -0.3 is 20.1 Å². The molecular formula is C22H27N9. The summed E-state index contributed by atoms with van der Waals surface area (Å²) >= 11 is 0. The van der Waals surface area contributed by atoms with Crippen LogP contribution in [0.2, 0.25) is 0 Å². The number of nitrogens with zero attached hydrogens (tertiary/aromatic N) is 7. The fraction of sp³-hybridized carbons (Fsp3) is 0.455. The molecule has 0 unspecified atom stereocenters. The average molecular weight is 418 g/mol. The van der Waals surface area contributed by atoms with Crippen molar-refractivity contribution in [2.75, 3.05) is 43.4 Å². The standard InChI is InChI=1S/C22H27N9/c1-14-3-6-17-18(11-14)26-19(25-17)13-23-21-28-22(30-9-7-29(2)8-10-30)27-20-16(15-4-5-15)12-24-31(20)21/h3,6,11-12,15H,4-5,7-10,13H2,1-2H3,(H,25,26)(H,23,27,28). The number of hydrogen-bond donors (Lipinski definition) is 2. The Hall–Kier alpha value is -3.20. The molecule has 0 amide bonds. The van der Waals surface area contributed by atoms with E-state index in [1.54, 1.807) is 0 Å². The molecule has 0 atom stereocenters. The molecule has 1 aromatic carbocycles. The van der Waals surface area contributed by atoms with E-state index in [1.807, 2.05) is 10.7 Å². The number of hydrogen-bond acceptors (Lipinski definition) is 7. The molecule has 0 bridgehead atoms. The number of fused-ring (bicyclic) bond motifs is 2. The number of aromatic amines is 1. The minimum atomic E-state index is 0.542. The minimum absolute atomic E-state index is 0.542. The van der Waals surface area contributed by atoms with E-state index in [1.165, 1.54) is 24.0 Å². The summed E-state index contributed by atoms with van der Waals surface area (Å²) in [7, 11) is 2.16. The van der Waals surface area contributed by atoms with Gasteiger partial charge in [0.1, 0.15) is 5.82 Å². The van der Waals surface area contributed by atoms with E-state index in [0.29, 0.717) is 18.4 Å². The maximum Gasteiger partial charge on any atom is 0.230 e. The molecule has 2 aliphatic rings. The predicted molar refractivity (Wildman–Crippen MR) is 121 cm³/mol. The van der Waals surface area contributed by atoms with E-state index in [9.17, 15) is 0 Å². The van der Waals surface area contributed by atoms with Crippen LogP contribution in [0.3, 0.4) is 0 Å². The topological polar surface area (TPSA) is 90.3 Å². The summed E-state index contributed by atoms with van der Waals surface area (Å²) in [6, 6.07) is 6.27. The van der Waals surface area contributed by atoms with Gasteiger partial charge in [-0.2, -0.15) is 19.6 Å². The molecule has 1 saturated heterocycles. The van der Waals surface area contributed by atoms with Crippen LogP contribution in [0, 0.1) is 6.92 Å². The third kappa shape index (κ3) is 3.48. The maximum atomic E-state index is 4.94. The number of imidazole rings is 1. The van der Waals surface area contributed by atoms with Crippen LogP contribution in [0.1, 0.15) is 35.7 Å². The van der Waals surface area contributed by atoms with Gasteiger partial charge in [-0.3, -0.25) is 0 Å². The Kier molecular flexibility index (Phi) is 4.31. The highest BCUT2D eigenvalue weighted by molar-refractivity contribution is 5.75. The molecule has 6 rings (SSSR count). The molecule has 0 spiro atoms. The van der Waals surface area contributed by atoms with Crippen molar-refractivity contribution in [3.05, 3.63) is 41.3 Å². The zero-order valence-electron chi connectivity index (χ0n) is 18.0. The molecule has 1 aliphatic heterocycles. The Bertz CT molecular complexity index is 1240. The second-order valence-electron chi connectivity index (χ2n) is 8.80. The highest BCUT2D eigenvalue weighted by Crippen LogP contribution is 2.42. The summed E-state index contributed by atoms with van der Waals surface area (Å²) in [6.45, 7) is 6.53. The van der Waals surface area contributed by atoms with E-state index in [0.717, 1.165) is 54.6 Å². The van der Waals surface area contributed by atoms with Crippen LogP contribution < -0.4 is 10.2 Å². The molecule has 0 radical (unpaired) electrons.